The van der Waals surface area contributed by atoms with Gasteiger partial charge in [-0.3, -0.25) is 9.69 Å². The van der Waals surface area contributed by atoms with E-state index >= 15 is 0 Å². The number of ether oxygens (including phenoxy) is 1. The topological polar surface area (TPSA) is 41.6 Å². The molecule has 4 nitrogen and oxygen atoms in total. The molecule has 1 amide bonds. The van der Waals surface area contributed by atoms with Gasteiger partial charge in [-0.05, 0) is 87.2 Å². The van der Waals surface area contributed by atoms with Crippen molar-refractivity contribution in [2.24, 2.45) is 10.8 Å². The zero-order valence-corrected chi connectivity index (χ0v) is 25.5. The Kier molecular flexibility index (Phi) is 12.7. The summed E-state index contributed by atoms with van der Waals surface area (Å²) in [7, 11) is 0. The normalized spacial score (nSPS) is 13.1. The summed E-state index contributed by atoms with van der Waals surface area (Å²) in [6.45, 7) is 22.1. The number of carbonyl (C=O) groups excluding carboxylic acids is 1. The highest BCUT2D eigenvalue weighted by Gasteiger charge is 2.30. The average Bonchev–Trinajstić information content (AvgIpc) is 2.75. The summed E-state index contributed by atoms with van der Waals surface area (Å²) in [6, 6.07) is 18.2. The second kappa shape index (κ2) is 14.2. The number of rotatable bonds is 11. The largest absolute Gasteiger partial charge is 0.489 e. The molecule has 0 aliphatic heterocycles. The lowest BCUT2D eigenvalue weighted by molar-refractivity contribution is -0.128. The summed E-state index contributed by atoms with van der Waals surface area (Å²) in [5.74, 6) is 0.949. The van der Waals surface area contributed by atoms with Gasteiger partial charge >= 0.3 is 0 Å². The average molecular weight is 531 g/mol. The molecule has 2 rings (SSSR count). The molecule has 1 atom stereocenters. The van der Waals surface area contributed by atoms with Gasteiger partial charge in [0.25, 0.3) is 0 Å². The second-order valence-corrected chi connectivity index (χ2v) is 13.5. The van der Waals surface area contributed by atoms with Crippen LogP contribution in [0.25, 0.3) is 0 Å². The van der Waals surface area contributed by atoms with Gasteiger partial charge in [-0.25, -0.2) is 0 Å². The lowest BCUT2D eigenvalue weighted by Crippen LogP contribution is -2.54. The maximum Gasteiger partial charge on any atom is 0.238 e. The van der Waals surface area contributed by atoms with Crippen LogP contribution in [0.5, 0.6) is 5.75 Å². The molecule has 0 aliphatic rings. The smallest absolute Gasteiger partial charge is 0.238 e. The fraction of sp³-hybridized carbons (Fsp3) is 0.594. The van der Waals surface area contributed by atoms with Crippen LogP contribution in [-0.4, -0.2) is 35.5 Å². The second-order valence-electron chi connectivity index (χ2n) is 13.5. The summed E-state index contributed by atoms with van der Waals surface area (Å²) >= 11 is 0. The highest BCUT2D eigenvalue weighted by atomic mass is 35.5. The standard InChI is InChI=1S/C32H50N2O2.ClH/c1-30(2,3)19-21-34(22-20-31(4,5)6)28(29(35)33-32(7,8)9)23-25-15-17-27(18-16-25)36-24-26-13-11-10-12-14-26;/h10-18,28H,19-24H2,1-9H3,(H,33,35);1H/t28-;/m0./s1. The van der Waals surface area contributed by atoms with E-state index in [-0.39, 0.29) is 40.7 Å². The van der Waals surface area contributed by atoms with Crippen LogP contribution in [0.4, 0.5) is 0 Å². The maximum absolute atomic E-state index is 13.6. The Morgan fingerprint density at radius 3 is 1.76 bits per heavy atom. The Balaban J connectivity index is 0.00000684. The summed E-state index contributed by atoms with van der Waals surface area (Å²) < 4.78 is 5.98. The van der Waals surface area contributed by atoms with Gasteiger partial charge in [0.1, 0.15) is 12.4 Å². The van der Waals surface area contributed by atoms with E-state index in [1.165, 1.54) is 0 Å². The van der Waals surface area contributed by atoms with E-state index in [4.69, 9.17) is 4.74 Å². The fourth-order valence-corrected chi connectivity index (χ4v) is 3.91. The van der Waals surface area contributed by atoms with Crippen LogP contribution in [0.3, 0.4) is 0 Å². The zero-order chi connectivity index (χ0) is 27.0. The van der Waals surface area contributed by atoms with Gasteiger partial charge in [0, 0.05) is 5.54 Å². The van der Waals surface area contributed by atoms with Crippen LogP contribution in [0.2, 0.25) is 0 Å². The van der Waals surface area contributed by atoms with Crippen LogP contribution in [-0.2, 0) is 17.8 Å². The van der Waals surface area contributed by atoms with Crippen molar-refractivity contribution in [2.45, 2.75) is 99.8 Å². The molecule has 0 unspecified atom stereocenters. The molecule has 0 saturated carbocycles. The van der Waals surface area contributed by atoms with Gasteiger partial charge in [-0.1, -0.05) is 84.0 Å². The predicted octanol–water partition coefficient (Wildman–Crippen LogP) is 7.69. The van der Waals surface area contributed by atoms with Crippen molar-refractivity contribution in [2.75, 3.05) is 13.1 Å². The molecule has 0 aliphatic carbocycles. The van der Waals surface area contributed by atoms with Crippen molar-refractivity contribution < 1.29 is 9.53 Å². The van der Waals surface area contributed by atoms with Crippen molar-refractivity contribution in [1.82, 2.24) is 10.2 Å². The van der Waals surface area contributed by atoms with Crippen molar-refractivity contribution in [3.8, 4) is 5.75 Å². The molecular formula is C32H51ClN2O2. The van der Waals surface area contributed by atoms with E-state index in [2.05, 4.69) is 96.8 Å². The Bertz CT molecular complexity index is 904. The van der Waals surface area contributed by atoms with E-state index in [1.807, 2.05) is 30.3 Å². The van der Waals surface area contributed by atoms with E-state index in [9.17, 15) is 4.79 Å². The minimum Gasteiger partial charge on any atom is -0.489 e. The first kappa shape index (κ1) is 33.0. The Hall–Kier alpha value is -2.04. The number of hydrogen-bond acceptors (Lipinski definition) is 3. The molecule has 0 bridgehead atoms. The Morgan fingerprint density at radius 2 is 1.30 bits per heavy atom. The summed E-state index contributed by atoms with van der Waals surface area (Å²) in [5.41, 5.74) is 2.44. The molecule has 0 saturated heterocycles. The van der Waals surface area contributed by atoms with Gasteiger partial charge in [-0.15, -0.1) is 12.4 Å². The van der Waals surface area contributed by atoms with Crippen LogP contribution < -0.4 is 10.1 Å². The molecular weight excluding hydrogens is 480 g/mol. The van der Waals surface area contributed by atoms with Crippen LogP contribution in [0.15, 0.2) is 54.6 Å². The zero-order valence-electron chi connectivity index (χ0n) is 24.7. The van der Waals surface area contributed by atoms with E-state index < -0.39 is 0 Å². The monoisotopic (exact) mass is 530 g/mol. The third-order valence-electron chi connectivity index (χ3n) is 6.14. The first-order valence-electron chi connectivity index (χ1n) is 13.4. The third-order valence-corrected chi connectivity index (χ3v) is 6.14. The maximum atomic E-state index is 13.6. The van der Waals surface area contributed by atoms with E-state index in [0.717, 1.165) is 42.8 Å². The minimum atomic E-state index is -0.274. The molecule has 37 heavy (non-hydrogen) atoms. The lowest BCUT2D eigenvalue weighted by Gasteiger charge is -2.36. The van der Waals surface area contributed by atoms with Crippen molar-refractivity contribution >= 4 is 18.3 Å². The molecule has 2 aromatic carbocycles. The minimum absolute atomic E-state index is 0. The van der Waals surface area contributed by atoms with Crippen molar-refractivity contribution in [1.29, 1.82) is 0 Å². The highest BCUT2D eigenvalue weighted by Crippen LogP contribution is 2.25. The van der Waals surface area contributed by atoms with Crippen molar-refractivity contribution in [3.05, 3.63) is 65.7 Å². The third kappa shape index (κ3) is 13.9. The summed E-state index contributed by atoms with van der Waals surface area (Å²) in [6.07, 6.45) is 2.76. The van der Waals surface area contributed by atoms with E-state index in [1.54, 1.807) is 0 Å². The number of nitrogens with zero attached hydrogens (tertiary/aromatic N) is 1. The quantitative estimate of drug-likeness (QED) is 0.324. The number of carbonyl (C=O) groups is 1. The number of amides is 1. The van der Waals surface area contributed by atoms with Crippen LogP contribution in [0.1, 0.15) is 86.3 Å². The molecule has 0 spiro atoms. The van der Waals surface area contributed by atoms with Gasteiger partial charge in [0.15, 0.2) is 0 Å². The first-order valence-corrected chi connectivity index (χ1v) is 13.4. The number of benzene rings is 2. The van der Waals surface area contributed by atoms with Gasteiger partial charge < -0.3 is 10.1 Å². The molecule has 2 aromatic rings. The fourth-order valence-electron chi connectivity index (χ4n) is 3.91. The molecule has 208 valence electrons. The highest BCUT2D eigenvalue weighted by molar-refractivity contribution is 5.85. The predicted molar refractivity (Wildman–Crippen MR) is 160 cm³/mol. The SMILES string of the molecule is CC(C)(C)CCN(CCC(C)(C)C)[C@@H](Cc1ccc(OCc2ccccc2)cc1)C(=O)NC(C)(C)C.Cl. The Morgan fingerprint density at radius 1 is 0.784 bits per heavy atom. The first-order chi connectivity index (χ1) is 16.6. The molecule has 1 N–H and O–H groups in total. The summed E-state index contributed by atoms with van der Waals surface area (Å²) in [5, 5.41) is 3.26. The lowest BCUT2D eigenvalue weighted by atomic mass is 9.89. The van der Waals surface area contributed by atoms with Gasteiger partial charge in [0.05, 0.1) is 6.04 Å². The molecule has 0 fully saturated rings. The number of hydrogen-bond donors (Lipinski definition) is 1. The summed E-state index contributed by atoms with van der Waals surface area (Å²) in [4.78, 5) is 16.0. The van der Waals surface area contributed by atoms with Crippen molar-refractivity contribution in [3.63, 3.8) is 0 Å². The van der Waals surface area contributed by atoms with Crippen LogP contribution in [0, 0.1) is 10.8 Å². The molecule has 0 heterocycles. The van der Waals surface area contributed by atoms with Crippen LogP contribution >= 0.6 is 12.4 Å². The van der Waals surface area contributed by atoms with E-state index in [0.29, 0.717) is 13.0 Å². The Labute approximate surface area is 233 Å². The van der Waals surface area contributed by atoms with Gasteiger partial charge in [0.2, 0.25) is 5.91 Å². The number of nitrogens with one attached hydrogen (secondary N) is 1. The molecule has 0 aromatic heterocycles. The molecule has 5 heteroatoms. The van der Waals surface area contributed by atoms with Gasteiger partial charge in [-0.2, -0.15) is 0 Å². The number of halogens is 1. The molecule has 0 radical (unpaired) electrons.